The third kappa shape index (κ3) is 3.03. The quantitative estimate of drug-likeness (QED) is 0.688. The third-order valence-corrected chi connectivity index (χ3v) is 3.63. The number of nitrogens with one attached hydrogen (secondary N) is 1. The first-order chi connectivity index (χ1) is 11.1. The zero-order valence-corrected chi connectivity index (χ0v) is 13.6. The number of methoxy groups -OCH3 is 1. The summed E-state index contributed by atoms with van der Waals surface area (Å²) in [4.78, 5) is 11.6. The fourth-order valence-corrected chi connectivity index (χ4v) is 2.44. The molecule has 7 heteroatoms. The standard InChI is InChI=1S/C16H11BrN4O2/c1-23-14-5-9(2-3-13(14)22)4-10(7-18)15-20-12-6-11(17)8-19-16(12)21-15/h2-6,8,22H,1H3,(H,19,20,21). The van der Waals surface area contributed by atoms with Gasteiger partial charge in [-0.05, 0) is 45.8 Å². The van der Waals surface area contributed by atoms with Crippen LogP contribution in [0.2, 0.25) is 0 Å². The maximum atomic E-state index is 9.62. The van der Waals surface area contributed by atoms with Crippen molar-refractivity contribution in [1.82, 2.24) is 15.0 Å². The van der Waals surface area contributed by atoms with Crippen molar-refractivity contribution in [3.05, 3.63) is 46.3 Å². The Labute approximate surface area is 140 Å². The molecule has 0 bridgehead atoms. The van der Waals surface area contributed by atoms with Gasteiger partial charge in [-0.2, -0.15) is 5.26 Å². The first kappa shape index (κ1) is 15.1. The van der Waals surface area contributed by atoms with Gasteiger partial charge in [0.1, 0.15) is 6.07 Å². The summed E-state index contributed by atoms with van der Waals surface area (Å²) in [6.07, 6.45) is 3.31. The normalized spacial score (nSPS) is 11.4. The van der Waals surface area contributed by atoms with Gasteiger partial charge in [0.15, 0.2) is 23.0 Å². The van der Waals surface area contributed by atoms with Crippen molar-refractivity contribution in [3.63, 3.8) is 0 Å². The lowest BCUT2D eigenvalue weighted by Gasteiger charge is -2.04. The average Bonchev–Trinajstić information content (AvgIpc) is 2.96. The number of aromatic amines is 1. The van der Waals surface area contributed by atoms with Crippen molar-refractivity contribution in [1.29, 1.82) is 5.26 Å². The van der Waals surface area contributed by atoms with Gasteiger partial charge in [-0.1, -0.05) is 6.07 Å². The van der Waals surface area contributed by atoms with Crippen molar-refractivity contribution in [2.24, 2.45) is 0 Å². The Bertz CT molecular complexity index is 956. The number of pyridine rings is 1. The van der Waals surface area contributed by atoms with E-state index in [1.807, 2.05) is 6.07 Å². The molecule has 114 valence electrons. The molecule has 0 saturated carbocycles. The maximum Gasteiger partial charge on any atom is 0.178 e. The van der Waals surface area contributed by atoms with Gasteiger partial charge < -0.3 is 14.8 Å². The first-order valence-electron chi connectivity index (χ1n) is 6.61. The number of imidazole rings is 1. The minimum Gasteiger partial charge on any atom is -0.504 e. The first-order valence-corrected chi connectivity index (χ1v) is 7.40. The number of halogens is 1. The van der Waals surface area contributed by atoms with Crippen LogP contribution in [-0.4, -0.2) is 27.2 Å². The molecule has 0 spiro atoms. The second-order valence-corrected chi connectivity index (χ2v) is 5.63. The Morgan fingerprint density at radius 3 is 3.00 bits per heavy atom. The summed E-state index contributed by atoms with van der Waals surface area (Å²) >= 11 is 3.34. The van der Waals surface area contributed by atoms with E-state index in [0.29, 0.717) is 28.4 Å². The number of H-pyrrole nitrogens is 1. The van der Waals surface area contributed by atoms with Crippen LogP contribution in [0, 0.1) is 11.3 Å². The molecule has 0 aliphatic carbocycles. The molecule has 2 N–H and O–H groups in total. The van der Waals surface area contributed by atoms with Crippen LogP contribution in [0.15, 0.2) is 34.9 Å². The van der Waals surface area contributed by atoms with E-state index in [-0.39, 0.29) is 5.75 Å². The fourth-order valence-electron chi connectivity index (χ4n) is 2.11. The number of ether oxygens (including phenoxy) is 1. The second kappa shape index (κ2) is 6.10. The van der Waals surface area contributed by atoms with E-state index < -0.39 is 0 Å². The van der Waals surface area contributed by atoms with Gasteiger partial charge in [-0.3, -0.25) is 0 Å². The summed E-state index contributed by atoms with van der Waals surface area (Å²) in [5, 5.41) is 19.0. The van der Waals surface area contributed by atoms with Crippen LogP contribution in [0.5, 0.6) is 11.5 Å². The Balaban J connectivity index is 2.05. The molecule has 0 saturated heterocycles. The zero-order chi connectivity index (χ0) is 16.4. The number of hydrogen-bond acceptors (Lipinski definition) is 5. The Kier molecular flexibility index (Phi) is 4.00. The van der Waals surface area contributed by atoms with Crippen molar-refractivity contribution >= 4 is 38.7 Å². The number of allylic oxidation sites excluding steroid dienone is 1. The predicted molar refractivity (Wildman–Crippen MR) is 89.7 cm³/mol. The highest BCUT2D eigenvalue weighted by atomic mass is 79.9. The van der Waals surface area contributed by atoms with E-state index in [2.05, 4.69) is 37.0 Å². The Hall–Kier alpha value is -2.85. The lowest BCUT2D eigenvalue weighted by atomic mass is 10.1. The predicted octanol–water partition coefficient (Wildman–Crippen LogP) is 3.50. The van der Waals surface area contributed by atoms with Crippen molar-refractivity contribution in [2.45, 2.75) is 0 Å². The minimum atomic E-state index is 0.0425. The molecular formula is C16H11BrN4O2. The van der Waals surface area contributed by atoms with E-state index in [0.717, 1.165) is 9.99 Å². The molecule has 0 aliphatic heterocycles. The molecule has 0 radical (unpaired) electrons. The molecule has 0 atom stereocenters. The SMILES string of the molecule is COc1cc(C=C(C#N)c2nc3ncc(Br)cc3[nH]2)ccc1O. The molecule has 6 nitrogen and oxygen atoms in total. The van der Waals surface area contributed by atoms with Gasteiger partial charge in [0, 0.05) is 10.7 Å². The summed E-state index contributed by atoms with van der Waals surface area (Å²) in [5.41, 5.74) is 2.34. The van der Waals surface area contributed by atoms with Gasteiger partial charge in [-0.25, -0.2) is 9.97 Å². The minimum absolute atomic E-state index is 0.0425. The van der Waals surface area contributed by atoms with Crippen LogP contribution >= 0.6 is 15.9 Å². The van der Waals surface area contributed by atoms with Crippen LogP contribution in [-0.2, 0) is 0 Å². The number of benzene rings is 1. The summed E-state index contributed by atoms with van der Waals surface area (Å²) in [7, 11) is 1.47. The number of fused-ring (bicyclic) bond motifs is 1. The molecule has 0 aliphatic rings. The van der Waals surface area contributed by atoms with Gasteiger partial charge in [0.2, 0.25) is 0 Å². The number of nitrogens with zero attached hydrogens (tertiary/aromatic N) is 3. The van der Waals surface area contributed by atoms with Crippen molar-refractivity contribution < 1.29 is 9.84 Å². The average molecular weight is 371 g/mol. The third-order valence-electron chi connectivity index (χ3n) is 3.19. The smallest absolute Gasteiger partial charge is 0.178 e. The van der Waals surface area contributed by atoms with Gasteiger partial charge in [0.05, 0.1) is 18.2 Å². The fraction of sp³-hybridized carbons (Fsp3) is 0.0625. The Morgan fingerprint density at radius 2 is 2.26 bits per heavy atom. The number of hydrogen-bond donors (Lipinski definition) is 2. The monoisotopic (exact) mass is 370 g/mol. The van der Waals surface area contributed by atoms with E-state index in [1.54, 1.807) is 24.4 Å². The number of phenolic OH excluding ortho intramolecular Hbond substituents is 1. The molecule has 2 aromatic heterocycles. The molecule has 0 amide bonds. The Morgan fingerprint density at radius 1 is 1.43 bits per heavy atom. The summed E-state index contributed by atoms with van der Waals surface area (Å²) in [6, 6.07) is 8.80. The highest BCUT2D eigenvalue weighted by Gasteiger charge is 2.10. The lowest BCUT2D eigenvalue weighted by molar-refractivity contribution is 0.373. The summed E-state index contributed by atoms with van der Waals surface area (Å²) in [5.74, 6) is 0.812. The van der Waals surface area contributed by atoms with Crippen molar-refractivity contribution in [3.8, 4) is 17.6 Å². The number of nitriles is 1. The van der Waals surface area contributed by atoms with Crippen LogP contribution in [0.4, 0.5) is 0 Å². The van der Waals surface area contributed by atoms with Crippen LogP contribution in [0.1, 0.15) is 11.4 Å². The second-order valence-electron chi connectivity index (χ2n) is 4.71. The molecule has 1 aromatic carbocycles. The number of phenols is 1. The van der Waals surface area contributed by atoms with Crippen molar-refractivity contribution in [2.75, 3.05) is 7.11 Å². The van der Waals surface area contributed by atoms with Crippen LogP contribution < -0.4 is 4.74 Å². The molecule has 0 fully saturated rings. The molecule has 2 heterocycles. The van der Waals surface area contributed by atoms with Crippen LogP contribution in [0.3, 0.4) is 0 Å². The lowest BCUT2D eigenvalue weighted by Crippen LogP contribution is -1.87. The topological polar surface area (TPSA) is 94.8 Å². The van der Waals surface area contributed by atoms with E-state index in [9.17, 15) is 10.4 Å². The number of aromatic hydroxyl groups is 1. The molecule has 0 unspecified atom stereocenters. The molecule has 3 aromatic rings. The van der Waals surface area contributed by atoms with Gasteiger partial charge in [0.25, 0.3) is 0 Å². The molecular weight excluding hydrogens is 360 g/mol. The van der Waals surface area contributed by atoms with E-state index in [4.69, 9.17) is 4.74 Å². The van der Waals surface area contributed by atoms with Crippen LogP contribution in [0.25, 0.3) is 22.8 Å². The molecule has 23 heavy (non-hydrogen) atoms. The number of rotatable bonds is 3. The highest BCUT2D eigenvalue weighted by molar-refractivity contribution is 9.10. The van der Waals surface area contributed by atoms with Gasteiger partial charge >= 0.3 is 0 Å². The summed E-state index contributed by atoms with van der Waals surface area (Å²) in [6.45, 7) is 0. The van der Waals surface area contributed by atoms with Gasteiger partial charge in [-0.15, -0.1) is 0 Å². The number of aromatic nitrogens is 3. The summed E-state index contributed by atoms with van der Waals surface area (Å²) < 4.78 is 5.89. The molecule has 3 rings (SSSR count). The maximum absolute atomic E-state index is 9.62. The van der Waals surface area contributed by atoms with E-state index >= 15 is 0 Å². The highest BCUT2D eigenvalue weighted by Crippen LogP contribution is 2.28. The van der Waals surface area contributed by atoms with E-state index in [1.165, 1.54) is 13.2 Å². The zero-order valence-electron chi connectivity index (χ0n) is 12.0. The largest absolute Gasteiger partial charge is 0.504 e.